The molecule has 0 saturated carbocycles. The quantitative estimate of drug-likeness (QED) is 0.862. The Labute approximate surface area is 121 Å². The minimum Gasteiger partial charge on any atom is -0.481 e. The molecule has 0 bridgehead atoms. The smallest absolute Gasteiger partial charge is 0.305 e. The summed E-state index contributed by atoms with van der Waals surface area (Å²) in [5.74, 6) is -1.06. The first-order chi connectivity index (χ1) is 9.58. The van der Waals surface area contributed by atoms with Crippen molar-refractivity contribution in [2.45, 2.75) is 32.3 Å². The van der Waals surface area contributed by atoms with E-state index < -0.39 is 5.97 Å². The lowest BCUT2D eigenvalue weighted by molar-refractivity contribution is -0.137. The highest BCUT2D eigenvalue weighted by atomic mass is 32.1. The number of nitrogens with zero attached hydrogens (tertiary/aromatic N) is 2. The zero-order valence-electron chi connectivity index (χ0n) is 11.4. The first-order valence-electron chi connectivity index (χ1n) is 6.60. The maximum absolute atomic E-state index is 12.5. The Morgan fingerprint density at radius 1 is 1.60 bits per heavy atom. The Balaban J connectivity index is 2.05. The van der Waals surface area contributed by atoms with E-state index in [1.54, 1.807) is 17.3 Å². The van der Waals surface area contributed by atoms with Gasteiger partial charge in [-0.3, -0.25) is 9.59 Å². The van der Waals surface area contributed by atoms with Crippen molar-refractivity contribution < 1.29 is 19.4 Å². The summed E-state index contributed by atoms with van der Waals surface area (Å²) in [7, 11) is 0. The average molecular weight is 298 g/mol. The number of carboxylic acid groups (broad SMARTS) is 1. The van der Waals surface area contributed by atoms with Crippen LogP contribution < -0.4 is 0 Å². The van der Waals surface area contributed by atoms with Crippen LogP contribution in [0.5, 0.6) is 0 Å². The molecule has 1 N–H and O–H groups in total. The predicted octanol–water partition coefficient (Wildman–Crippen LogP) is 1.55. The van der Waals surface area contributed by atoms with Crippen molar-refractivity contribution in [2.75, 3.05) is 19.7 Å². The predicted molar refractivity (Wildman–Crippen MR) is 74.0 cm³/mol. The number of thiazole rings is 1. The van der Waals surface area contributed by atoms with Crippen molar-refractivity contribution in [1.82, 2.24) is 9.88 Å². The zero-order valence-corrected chi connectivity index (χ0v) is 12.2. The van der Waals surface area contributed by atoms with E-state index in [9.17, 15) is 9.59 Å². The van der Waals surface area contributed by atoms with E-state index in [0.717, 1.165) is 12.8 Å². The molecule has 20 heavy (non-hydrogen) atoms. The molecule has 2 heterocycles. The Kier molecular flexibility index (Phi) is 5.08. The van der Waals surface area contributed by atoms with Crippen LogP contribution in [0.25, 0.3) is 0 Å². The van der Waals surface area contributed by atoms with Crippen LogP contribution in [0.1, 0.15) is 34.6 Å². The van der Waals surface area contributed by atoms with Gasteiger partial charge in [-0.2, -0.15) is 0 Å². The SMILES string of the molecule is Cc1ncsc1C(=O)N(CCC(=O)O)C[C@@H]1CCCO1. The van der Waals surface area contributed by atoms with Crippen molar-refractivity contribution >= 4 is 23.2 Å². The minimum atomic E-state index is -0.906. The number of carbonyl (C=O) groups excluding carboxylic acids is 1. The van der Waals surface area contributed by atoms with Crippen LogP contribution >= 0.6 is 11.3 Å². The summed E-state index contributed by atoms with van der Waals surface area (Å²) in [6.45, 7) is 3.14. The second-order valence-corrected chi connectivity index (χ2v) is 5.65. The first-order valence-corrected chi connectivity index (χ1v) is 7.48. The van der Waals surface area contributed by atoms with Crippen molar-refractivity contribution in [3.8, 4) is 0 Å². The molecule has 2 rings (SSSR count). The number of hydrogen-bond acceptors (Lipinski definition) is 5. The van der Waals surface area contributed by atoms with E-state index >= 15 is 0 Å². The van der Waals surface area contributed by atoms with E-state index in [0.29, 0.717) is 23.7 Å². The second-order valence-electron chi connectivity index (χ2n) is 4.80. The molecule has 0 aliphatic carbocycles. The molecule has 0 spiro atoms. The molecule has 110 valence electrons. The topological polar surface area (TPSA) is 79.7 Å². The lowest BCUT2D eigenvalue weighted by Gasteiger charge is -2.24. The number of amides is 1. The molecule has 1 atom stereocenters. The molecule has 1 fully saturated rings. The molecule has 7 heteroatoms. The van der Waals surface area contributed by atoms with Crippen LogP contribution in [0.2, 0.25) is 0 Å². The summed E-state index contributed by atoms with van der Waals surface area (Å²) in [5, 5.41) is 8.81. The molecule has 1 aromatic heterocycles. The number of carboxylic acids is 1. The summed E-state index contributed by atoms with van der Waals surface area (Å²) in [4.78, 5) is 29.4. The third kappa shape index (κ3) is 3.77. The molecular weight excluding hydrogens is 280 g/mol. The fraction of sp³-hybridized carbons (Fsp3) is 0.615. The summed E-state index contributed by atoms with van der Waals surface area (Å²) in [6, 6.07) is 0. The monoisotopic (exact) mass is 298 g/mol. The summed E-state index contributed by atoms with van der Waals surface area (Å²) in [6.07, 6.45) is 1.86. The molecular formula is C13H18N2O4S. The van der Waals surface area contributed by atoms with Gasteiger partial charge in [0, 0.05) is 19.7 Å². The Bertz CT molecular complexity index is 482. The molecule has 0 unspecified atom stereocenters. The number of ether oxygens (including phenoxy) is 1. The maximum Gasteiger partial charge on any atom is 0.305 e. The molecule has 1 saturated heterocycles. The Morgan fingerprint density at radius 2 is 2.40 bits per heavy atom. The van der Waals surface area contributed by atoms with E-state index in [1.807, 2.05) is 0 Å². The van der Waals surface area contributed by atoms with Crippen LogP contribution in [0.4, 0.5) is 0 Å². The molecule has 1 aliphatic heterocycles. The summed E-state index contributed by atoms with van der Waals surface area (Å²) in [5.41, 5.74) is 2.32. The number of carbonyl (C=O) groups is 2. The highest BCUT2D eigenvalue weighted by Gasteiger charge is 2.25. The van der Waals surface area contributed by atoms with Gasteiger partial charge in [-0.25, -0.2) is 4.98 Å². The average Bonchev–Trinajstić information content (AvgIpc) is 3.04. The van der Waals surface area contributed by atoms with Gasteiger partial charge in [0.25, 0.3) is 5.91 Å². The van der Waals surface area contributed by atoms with Crippen LogP contribution in [-0.4, -0.2) is 52.7 Å². The number of aromatic nitrogens is 1. The summed E-state index contributed by atoms with van der Waals surface area (Å²) < 4.78 is 5.53. The molecule has 1 amide bonds. The lowest BCUT2D eigenvalue weighted by atomic mass is 10.2. The van der Waals surface area contributed by atoms with Gasteiger partial charge in [0.05, 0.1) is 23.7 Å². The van der Waals surface area contributed by atoms with Gasteiger partial charge in [-0.05, 0) is 19.8 Å². The van der Waals surface area contributed by atoms with E-state index in [4.69, 9.17) is 9.84 Å². The largest absolute Gasteiger partial charge is 0.481 e. The Morgan fingerprint density at radius 3 is 2.95 bits per heavy atom. The van der Waals surface area contributed by atoms with Crippen molar-refractivity contribution in [2.24, 2.45) is 0 Å². The second kappa shape index (κ2) is 6.81. The van der Waals surface area contributed by atoms with Gasteiger partial charge < -0.3 is 14.7 Å². The molecule has 0 radical (unpaired) electrons. The van der Waals surface area contributed by atoms with Crippen LogP contribution in [0, 0.1) is 6.92 Å². The van der Waals surface area contributed by atoms with Crippen molar-refractivity contribution in [1.29, 1.82) is 0 Å². The van der Waals surface area contributed by atoms with E-state index in [1.165, 1.54) is 11.3 Å². The van der Waals surface area contributed by atoms with Gasteiger partial charge in [0.2, 0.25) is 0 Å². The van der Waals surface area contributed by atoms with Crippen LogP contribution in [-0.2, 0) is 9.53 Å². The maximum atomic E-state index is 12.5. The number of rotatable bonds is 6. The van der Waals surface area contributed by atoms with Crippen molar-refractivity contribution in [3.63, 3.8) is 0 Å². The number of hydrogen-bond donors (Lipinski definition) is 1. The van der Waals surface area contributed by atoms with Gasteiger partial charge in [0.15, 0.2) is 0 Å². The molecule has 6 nitrogen and oxygen atoms in total. The molecule has 0 aromatic carbocycles. The minimum absolute atomic E-state index is 0.0148. The molecule has 1 aliphatic rings. The highest BCUT2D eigenvalue weighted by molar-refractivity contribution is 7.11. The standard InChI is InChI=1S/C13H18N2O4S/c1-9-12(20-8-14-9)13(18)15(5-4-11(16)17)7-10-3-2-6-19-10/h8,10H,2-7H2,1H3,(H,16,17)/t10-/m0/s1. The van der Waals surface area contributed by atoms with Gasteiger partial charge in [-0.15, -0.1) is 11.3 Å². The Hall–Kier alpha value is -1.47. The van der Waals surface area contributed by atoms with Gasteiger partial charge in [0.1, 0.15) is 4.88 Å². The summed E-state index contributed by atoms with van der Waals surface area (Å²) >= 11 is 1.29. The number of aryl methyl sites for hydroxylation is 1. The number of aliphatic carboxylic acids is 1. The van der Waals surface area contributed by atoms with Crippen LogP contribution in [0.15, 0.2) is 5.51 Å². The van der Waals surface area contributed by atoms with E-state index in [2.05, 4.69) is 4.98 Å². The third-order valence-corrected chi connectivity index (χ3v) is 4.19. The normalized spacial score (nSPS) is 18.1. The lowest BCUT2D eigenvalue weighted by Crippen LogP contribution is -2.38. The van der Waals surface area contributed by atoms with Crippen LogP contribution in [0.3, 0.4) is 0 Å². The fourth-order valence-electron chi connectivity index (χ4n) is 2.19. The third-order valence-electron chi connectivity index (χ3n) is 3.27. The highest BCUT2D eigenvalue weighted by Crippen LogP contribution is 2.19. The van der Waals surface area contributed by atoms with E-state index in [-0.39, 0.29) is 25.0 Å². The fourth-order valence-corrected chi connectivity index (χ4v) is 2.96. The zero-order chi connectivity index (χ0) is 14.5. The van der Waals surface area contributed by atoms with Crippen molar-refractivity contribution in [3.05, 3.63) is 16.1 Å². The van der Waals surface area contributed by atoms with Gasteiger partial charge >= 0.3 is 5.97 Å². The van der Waals surface area contributed by atoms with Gasteiger partial charge in [-0.1, -0.05) is 0 Å². The first kappa shape index (κ1) is 14.9. The molecule has 1 aromatic rings.